The van der Waals surface area contributed by atoms with Crippen LogP contribution in [-0.2, 0) is 11.2 Å². The van der Waals surface area contributed by atoms with Gasteiger partial charge in [0, 0.05) is 17.6 Å². The van der Waals surface area contributed by atoms with Crippen molar-refractivity contribution in [1.82, 2.24) is 0 Å². The second kappa shape index (κ2) is 7.47. The minimum atomic E-state index is -4.95. The van der Waals surface area contributed by atoms with Crippen LogP contribution in [0.3, 0.4) is 0 Å². The van der Waals surface area contributed by atoms with Crippen molar-refractivity contribution in [3.8, 4) is 5.75 Å². The van der Waals surface area contributed by atoms with Crippen LogP contribution in [0.2, 0.25) is 0 Å². The number of aliphatic carboxylic acids is 1. The van der Waals surface area contributed by atoms with E-state index in [0.29, 0.717) is 11.1 Å². The van der Waals surface area contributed by atoms with Crippen molar-refractivity contribution in [2.45, 2.75) is 25.1 Å². The molecule has 3 rings (SSSR count). The molecule has 1 aliphatic heterocycles. The molecule has 26 heavy (non-hydrogen) atoms. The summed E-state index contributed by atoms with van der Waals surface area (Å²) in [7, 11) is 0. The summed E-state index contributed by atoms with van der Waals surface area (Å²) in [6.45, 7) is 1.67. The summed E-state index contributed by atoms with van der Waals surface area (Å²) in [6, 6.07) is 12.5. The van der Waals surface area contributed by atoms with E-state index in [2.05, 4.69) is 0 Å². The first kappa shape index (κ1) is 20.6. The van der Waals surface area contributed by atoms with E-state index in [4.69, 9.17) is 4.74 Å². The second-order valence-corrected chi connectivity index (χ2v) is 5.91. The molecule has 0 bridgehead atoms. The normalized spacial score (nSPS) is 18.8. The molecule has 2 aromatic carbocycles. The maximum absolute atomic E-state index is 14.1. The summed E-state index contributed by atoms with van der Waals surface area (Å²) >= 11 is 0. The molecule has 0 spiro atoms. The molecule has 2 aromatic rings. The van der Waals surface area contributed by atoms with E-state index >= 15 is 0 Å². The molecule has 1 unspecified atom stereocenters. The second-order valence-electron chi connectivity index (χ2n) is 5.91. The fraction of sp³-hybridized carbons (Fsp3) is 0.211. The molecule has 0 radical (unpaired) electrons. The zero-order valence-corrected chi connectivity index (χ0v) is 16.3. The number of aryl methyl sites for hydroxylation is 1. The first-order chi connectivity index (χ1) is 11.7. The van der Waals surface area contributed by atoms with Gasteiger partial charge in [-0.05, 0) is 30.2 Å². The van der Waals surface area contributed by atoms with Gasteiger partial charge in [0.05, 0.1) is 5.97 Å². The first-order valence-electron chi connectivity index (χ1n) is 7.57. The van der Waals surface area contributed by atoms with E-state index in [9.17, 15) is 23.1 Å². The van der Waals surface area contributed by atoms with E-state index in [-0.39, 0.29) is 40.9 Å². The molecule has 1 aliphatic rings. The van der Waals surface area contributed by atoms with Gasteiger partial charge in [0.25, 0.3) is 0 Å². The standard InChI is InChI=1S/C19H15F3O3.Na/c1-12-6-2-3-8-14(12)11-18(19(20,21)22)15(17(23)24)10-13-7-4-5-9-16(13)25-18;/h2-10H,11H2,1H3,(H,23,24);/q;+1/p-1. The van der Waals surface area contributed by atoms with Crippen LogP contribution in [0.25, 0.3) is 6.08 Å². The number of halogens is 3. The minimum Gasteiger partial charge on any atom is -0.545 e. The van der Waals surface area contributed by atoms with Crippen LogP contribution >= 0.6 is 0 Å². The number of benzene rings is 2. The maximum Gasteiger partial charge on any atom is 1.00 e. The predicted molar refractivity (Wildman–Crippen MR) is 83.7 cm³/mol. The van der Waals surface area contributed by atoms with Gasteiger partial charge in [0.15, 0.2) is 0 Å². The molecule has 130 valence electrons. The Morgan fingerprint density at radius 1 is 1.12 bits per heavy atom. The Morgan fingerprint density at radius 3 is 2.35 bits per heavy atom. The van der Waals surface area contributed by atoms with Gasteiger partial charge in [-0.25, -0.2) is 0 Å². The van der Waals surface area contributed by atoms with E-state index in [0.717, 1.165) is 6.08 Å². The quantitative estimate of drug-likeness (QED) is 0.719. The number of carbonyl (C=O) groups excluding carboxylic acids is 1. The molecular formula is C19H14F3NaO3. The average molecular weight is 370 g/mol. The zero-order valence-electron chi connectivity index (χ0n) is 14.3. The summed E-state index contributed by atoms with van der Waals surface area (Å²) in [5.41, 5.74) is -2.70. The SMILES string of the molecule is Cc1ccccc1CC1(C(F)(F)F)Oc2ccccc2C=C1C(=O)[O-].[Na+]. The maximum atomic E-state index is 14.1. The summed E-state index contributed by atoms with van der Waals surface area (Å²) in [4.78, 5) is 11.5. The Bertz CT molecular complexity index is 861. The molecule has 1 atom stereocenters. The summed E-state index contributed by atoms with van der Waals surface area (Å²) in [5, 5.41) is 11.5. The van der Waals surface area contributed by atoms with Crippen molar-refractivity contribution in [2.75, 3.05) is 0 Å². The molecular weight excluding hydrogens is 356 g/mol. The summed E-state index contributed by atoms with van der Waals surface area (Å²) in [6.07, 6.45) is -4.62. The van der Waals surface area contributed by atoms with Crippen molar-refractivity contribution in [1.29, 1.82) is 0 Å². The third kappa shape index (κ3) is 3.54. The molecule has 0 amide bonds. The van der Waals surface area contributed by atoms with E-state index in [1.807, 2.05) is 0 Å². The molecule has 0 saturated carbocycles. The number of ether oxygens (including phenoxy) is 1. The molecule has 7 heteroatoms. The summed E-state index contributed by atoms with van der Waals surface area (Å²) in [5.74, 6) is -1.92. The number of rotatable bonds is 3. The van der Waals surface area contributed by atoms with Crippen molar-refractivity contribution >= 4 is 12.0 Å². The Balaban J connectivity index is 0.00000243. The number of carboxylic acid groups (broad SMARTS) is 1. The third-order valence-corrected chi connectivity index (χ3v) is 4.32. The number of fused-ring (bicyclic) bond motifs is 1. The Kier molecular flexibility index (Phi) is 5.90. The van der Waals surface area contributed by atoms with Gasteiger partial charge in [-0.15, -0.1) is 0 Å². The van der Waals surface area contributed by atoms with Crippen LogP contribution in [0.1, 0.15) is 16.7 Å². The molecule has 1 heterocycles. The number of alkyl halides is 3. The van der Waals surface area contributed by atoms with Crippen molar-refractivity contribution in [3.05, 3.63) is 70.8 Å². The van der Waals surface area contributed by atoms with Crippen molar-refractivity contribution in [2.24, 2.45) is 0 Å². The fourth-order valence-electron chi connectivity index (χ4n) is 2.95. The topological polar surface area (TPSA) is 49.4 Å². The van der Waals surface area contributed by atoms with E-state index in [1.165, 1.54) is 24.3 Å². The van der Waals surface area contributed by atoms with Gasteiger partial charge in [0.2, 0.25) is 5.60 Å². The van der Waals surface area contributed by atoms with Crippen LogP contribution in [0.4, 0.5) is 13.2 Å². The number of para-hydroxylation sites is 1. The predicted octanol–water partition coefficient (Wildman–Crippen LogP) is 0.0685. The van der Waals surface area contributed by atoms with Crippen LogP contribution in [-0.4, -0.2) is 17.7 Å². The summed E-state index contributed by atoms with van der Waals surface area (Å²) < 4.78 is 47.5. The van der Waals surface area contributed by atoms with Gasteiger partial charge >= 0.3 is 35.7 Å². The van der Waals surface area contributed by atoms with Crippen LogP contribution in [0, 0.1) is 6.92 Å². The van der Waals surface area contributed by atoms with Crippen LogP contribution in [0.15, 0.2) is 54.1 Å². The number of hydrogen-bond donors (Lipinski definition) is 0. The largest absolute Gasteiger partial charge is 1.00 e. The van der Waals surface area contributed by atoms with Crippen LogP contribution < -0.4 is 39.4 Å². The van der Waals surface area contributed by atoms with Crippen molar-refractivity contribution < 1.29 is 57.4 Å². The van der Waals surface area contributed by atoms with Gasteiger partial charge in [-0.2, -0.15) is 13.2 Å². The van der Waals surface area contributed by atoms with Gasteiger partial charge < -0.3 is 14.6 Å². The van der Waals surface area contributed by atoms with E-state index in [1.54, 1.807) is 31.2 Å². The zero-order chi connectivity index (χ0) is 18.2. The number of hydrogen-bond acceptors (Lipinski definition) is 3. The van der Waals surface area contributed by atoms with Gasteiger partial charge in [-0.1, -0.05) is 42.5 Å². The number of carboxylic acids is 1. The van der Waals surface area contributed by atoms with Crippen molar-refractivity contribution in [3.63, 3.8) is 0 Å². The molecule has 0 saturated heterocycles. The monoisotopic (exact) mass is 370 g/mol. The molecule has 0 fully saturated rings. The molecule has 0 aromatic heterocycles. The third-order valence-electron chi connectivity index (χ3n) is 4.32. The number of carbonyl (C=O) groups is 1. The molecule has 0 aliphatic carbocycles. The Hall–Kier alpha value is -1.76. The van der Waals surface area contributed by atoms with Crippen LogP contribution in [0.5, 0.6) is 5.75 Å². The fourth-order valence-corrected chi connectivity index (χ4v) is 2.95. The van der Waals surface area contributed by atoms with Gasteiger partial charge in [-0.3, -0.25) is 0 Å². The smallest absolute Gasteiger partial charge is 0.545 e. The Labute approximate surface area is 170 Å². The average Bonchev–Trinajstić information content (AvgIpc) is 2.55. The first-order valence-corrected chi connectivity index (χ1v) is 7.57. The minimum absolute atomic E-state index is 0. The molecule has 3 nitrogen and oxygen atoms in total. The van der Waals surface area contributed by atoms with Gasteiger partial charge in [0.1, 0.15) is 5.75 Å². The Morgan fingerprint density at radius 2 is 1.73 bits per heavy atom. The molecule has 0 N–H and O–H groups in total. The van der Waals surface area contributed by atoms with E-state index < -0.39 is 29.7 Å².